The third-order valence-electron chi connectivity index (χ3n) is 3.91. The first kappa shape index (κ1) is 14.1. The maximum atomic E-state index is 11.5. The van der Waals surface area contributed by atoms with Crippen LogP contribution in [0.1, 0.15) is 29.4 Å². The fourth-order valence-electron chi connectivity index (χ4n) is 2.58. The van der Waals surface area contributed by atoms with Crippen molar-refractivity contribution in [2.45, 2.75) is 19.8 Å². The number of hydrogen-bond acceptors (Lipinski definition) is 4. The number of carbonyl (C=O) groups is 1. The van der Waals surface area contributed by atoms with Crippen molar-refractivity contribution in [3.05, 3.63) is 35.2 Å². The van der Waals surface area contributed by atoms with Crippen LogP contribution in [0.2, 0.25) is 0 Å². The smallest absolute Gasteiger partial charge is 0.348 e. The molecule has 4 nitrogen and oxygen atoms in total. The van der Waals surface area contributed by atoms with Crippen molar-refractivity contribution in [1.29, 1.82) is 0 Å². The molecule has 1 aliphatic rings. The molecule has 21 heavy (non-hydrogen) atoms. The number of piperidine rings is 1. The highest BCUT2D eigenvalue weighted by atomic mass is 32.1. The predicted octanol–water partition coefficient (Wildman–Crippen LogP) is 3.74. The van der Waals surface area contributed by atoms with Gasteiger partial charge >= 0.3 is 5.97 Å². The molecule has 2 aromatic rings. The summed E-state index contributed by atoms with van der Waals surface area (Å²) in [4.78, 5) is 18.6. The Morgan fingerprint density at radius 3 is 2.57 bits per heavy atom. The van der Waals surface area contributed by atoms with E-state index in [1.807, 2.05) is 30.3 Å². The molecule has 0 aliphatic carbocycles. The van der Waals surface area contributed by atoms with E-state index in [1.54, 1.807) is 0 Å². The van der Waals surface area contributed by atoms with Crippen LogP contribution in [0, 0.1) is 5.92 Å². The lowest BCUT2D eigenvalue weighted by atomic mass is 10.00. The highest BCUT2D eigenvalue weighted by Gasteiger charge is 2.24. The molecule has 1 aromatic heterocycles. The van der Waals surface area contributed by atoms with Gasteiger partial charge in [0.1, 0.15) is 4.88 Å². The first-order chi connectivity index (χ1) is 10.1. The van der Waals surface area contributed by atoms with Crippen molar-refractivity contribution in [3.63, 3.8) is 0 Å². The molecule has 0 bridgehead atoms. The molecule has 1 N–H and O–H groups in total. The number of aromatic carboxylic acids is 1. The van der Waals surface area contributed by atoms with Crippen molar-refractivity contribution < 1.29 is 9.90 Å². The Balaban J connectivity index is 1.95. The minimum Gasteiger partial charge on any atom is -0.477 e. The maximum absolute atomic E-state index is 11.5. The lowest BCUT2D eigenvalue weighted by Crippen LogP contribution is -2.32. The van der Waals surface area contributed by atoms with E-state index in [-0.39, 0.29) is 0 Å². The van der Waals surface area contributed by atoms with Gasteiger partial charge in [-0.15, -0.1) is 0 Å². The molecule has 0 saturated carbocycles. The molecule has 2 heterocycles. The standard InChI is InChI=1S/C16H18N2O2S/c1-11-7-9-18(10-8-11)16-17-13(14(21-16)15(19)20)12-5-3-2-4-6-12/h2-6,11H,7-10H2,1H3,(H,19,20). The van der Waals surface area contributed by atoms with Crippen LogP contribution in [0.15, 0.2) is 30.3 Å². The summed E-state index contributed by atoms with van der Waals surface area (Å²) in [5.41, 5.74) is 1.45. The van der Waals surface area contributed by atoms with Gasteiger partial charge in [0.15, 0.2) is 5.13 Å². The molecule has 0 radical (unpaired) electrons. The molecule has 0 atom stereocenters. The Morgan fingerprint density at radius 2 is 1.95 bits per heavy atom. The fraction of sp³-hybridized carbons (Fsp3) is 0.375. The highest BCUT2D eigenvalue weighted by Crippen LogP contribution is 2.34. The molecule has 5 heteroatoms. The number of nitrogens with zero attached hydrogens (tertiary/aromatic N) is 2. The summed E-state index contributed by atoms with van der Waals surface area (Å²) in [7, 11) is 0. The molecule has 3 rings (SSSR count). The highest BCUT2D eigenvalue weighted by molar-refractivity contribution is 7.17. The summed E-state index contributed by atoms with van der Waals surface area (Å²) < 4.78 is 0. The Hall–Kier alpha value is -1.88. The van der Waals surface area contributed by atoms with Gasteiger partial charge in [-0.2, -0.15) is 0 Å². The number of benzene rings is 1. The maximum Gasteiger partial charge on any atom is 0.348 e. The summed E-state index contributed by atoms with van der Waals surface area (Å²) >= 11 is 1.29. The minimum atomic E-state index is -0.900. The van der Waals surface area contributed by atoms with Crippen molar-refractivity contribution in [1.82, 2.24) is 4.98 Å². The average molecular weight is 302 g/mol. The number of hydrogen-bond donors (Lipinski definition) is 1. The van der Waals surface area contributed by atoms with E-state index in [9.17, 15) is 9.90 Å². The summed E-state index contributed by atoms with van der Waals surface area (Å²) in [5, 5.41) is 10.3. The molecule has 0 amide bonds. The molecule has 0 unspecified atom stereocenters. The van der Waals surface area contributed by atoms with Gasteiger partial charge in [-0.05, 0) is 18.8 Å². The zero-order chi connectivity index (χ0) is 14.8. The minimum absolute atomic E-state index is 0.329. The summed E-state index contributed by atoms with van der Waals surface area (Å²) in [6, 6.07) is 9.54. The zero-order valence-corrected chi connectivity index (χ0v) is 12.8. The van der Waals surface area contributed by atoms with Crippen molar-refractivity contribution in [2.24, 2.45) is 5.92 Å². The van der Waals surface area contributed by atoms with Crippen molar-refractivity contribution in [3.8, 4) is 11.3 Å². The summed E-state index contributed by atoms with van der Waals surface area (Å²) in [6.45, 7) is 4.18. The van der Waals surface area contributed by atoms with E-state index < -0.39 is 5.97 Å². The Bertz CT molecular complexity index is 631. The Labute approximate surface area is 128 Å². The molecule has 1 saturated heterocycles. The van der Waals surface area contributed by atoms with Gasteiger partial charge in [0.2, 0.25) is 0 Å². The van der Waals surface area contributed by atoms with Crippen LogP contribution >= 0.6 is 11.3 Å². The van der Waals surface area contributed by atoms with Crippen LogP contribution in [0.3, 0.4) is 0 Å². The second-order valence-corrected chi connectivity index (χ2v) is 6.49. The van der Waals surface area contributed by atoms with Crippen LogP contribution < -0.4 is 4.90 Å². The van der Waals surface area contributed by atoms with E-state index in [0.29, 0.717) is 10.6 Å². The van der Waals surface area contributed by atoms with Gasteiger partial charge in [-0.3, -0.25) is 0 Å². The topological polar surface area (TPSA) is 53.4 Å². The second-order valence-electron chi connectivity index (χ2n) is 5.51. The zero-order valence-electron chi connectivity index (χ0n) is 12.0. The average Bonchev–Trinajstić information content (AvgIpc) is 2.94. The first-order valence-electron chi connectivity index (χ1n) is 7.19. The van der Waals surface area contributed by atoms with Crippen LogP contribution in [-0.4, -0.2) is 29.1 Å². The van der Waals surface area contributed by atoms with Crippen molar-refractivity contribution >= 4 is 22.4 Å². The molecule has 0 spiro atoms. The monoisotopic (exact) mass is 302 g/mol. The molecule has 110 valence electrons. The van der Waals surface area contributed by atoms with Gasteiger partial charge < -0.3 is 10.0 Å². The van der Waals surface area contributed by atoms with Crippen LogP contribution in [0.5, 0.6) is 0 Å². The van der Waals surface area contributed by atoms with Crippen LogP contribution in [0.25, 0.3) is 11.3 Å². The van der Waals surface area contributed by atoms with Crippen LogP contribution in [-0.2, 0) is 0 Å². The van der Waals surface area contributed by atoms with Crippen LogP contribution in [0.4, 0.5) is 5.13 Å². The lowest BCUT2D eigenvalue weighted by molar-refractivity contribution is 0.0702. The van der Waals surface area contributed by atoms with Gasteiger partial charge in [0, 0.05) is 18.7 Å². The lowest BCUT2D eigenvalue weighted by Gasteiger charge is -2.29. The van der Waals surface area contributed by atoms with E-state index in [2.05, 4.69) is 16.8 Å². The SMILES string of the molecule is CC1CCN(c2nc(-c3ccccc3)c(C(=O)O)s2)CC1. The third-order valence-corrected chi connectivity index (χ3v) is 5.02. The molecule has 1 aliphatic heterocycles. The number of carboxylic acids is 1. The quantitative estimate of drug-likeness (QED) is 0.938. The fourth-order valence-corrected chi connectivity index (χ4v) is 3.56. The summed E-state index contributed by atoms with van der Waals surface area (Å²) in [6.07, 6.45) is 2.28. The molecular formula is C16H18N2O2S. The van der Waals surface area contributed by atoms with E-state index in [4.69, 9.17) is 0 Å². The number of aromatic nitrogens is 1. The van der Waals surface area contributed by atoms with Gasteiger partial charge in [-0.1, -0.05) is 48.6 Å². The van der Waals surface area contributed by atoms with Gasteiger partial charge in [0.05, 0.1) is 5.69 Å². The Morgan fingerprint density at radius 1 is 1.29 bits per heavy atom. The number of carboxylic acid groups (broad SMARTS) is 1. The number of rotatable bonds is 3. The van der Waals surface area contributed by atoms with E-state index in [0.717, 1.165) is 42.5 Å². The number of thiazole rings is 1. The first-order valence-corrected chi connectivity index (χ1v) is 8.01. The predicted molar refractivity (Wildman–Crippen MR) is 85.1 cm³/mol. The summed E-state index contributed by atoms with van der Waals surface area (Å²) in [5.74, 6) is -0.156. The van der Waals surface area contributed by atoms with E-state index in [1.165, 1.54) is 11.3 Å². The van der Waals surface area contributed by atoms with E-state index >= 15 is 0 Å². The normalized spacial score (nSPS) is 16.1. The number of anilines is 1. The molecular weight excluding hydrogens is 284 g/mol. The van der Waals surface area contributed by atoms with Gasteiger partial charge in [0.25, 0.3) is 0 Å². The Kier molecular flexibility index (Phi) is 3.92. The third kappa shape index (κ3) is 2.93. The largest absolute Gasteiger partial charge is 0.477 e. The van der Waals surface area contributed by atoms with Crippen molar-refractivity contribution in [2.75, 3.05) is 18.0 Å². The molecule has 1 aromatic carbocycles. The van der Waals surface area contributed by atoms with Gasteiger partial charge in [-0.25, -0.2) is 9.78 Å². The molecule has 1 fully saturated rings. The second kappa shape index (κ2) is 5.85.